The summed E-state index contributed by atoms with van der Waals surface area (Å²) < 4.78 is 7.41. The molecule has 0 fully saturated rings. The third-order valence-electron chi connectivity index (χ3n) is 2.95. The van der Waals surface area contributed by atoms with Gasteiger partial charge in [0.25, 0.3) is 0 Å². The van der Waals surface area contributed by atoms with Crippen molar-refractivity contribution >= 4 is 37.5 Å². The zero-order valence-electron chi connectivity index (χ0n) is 10.8. The minimum absolute atomic E-state index is 0.0359. The number of benzene rings is 1. The van der Waals surface area contributed by atoms with E-state index in [0.717, 1.165) is 15.9 Å². The second kappa shape index (κ2) is 6.11. The summed E-state index contributed by atoms with van der Waals surface area (Å²) in [4.78, 5) is 0. The maximum absolute atomic E-state index is 5.82. The molecule has 3 N–H and O–H groups in total. The zero-order valence-corrected chi connectivity index (χ0v) is 14.0. The summed E-state index contributed by atoms with van der Waals surface area (Å²) in [6.45, 7) is 4.61. The van der Waals surface area contributed by atoms with E-state index in [1.165, 1.54) is 11.1 Å². The second-order valence-electron chi connectivity index (χ2n) is 4.50. The van der Waals surface area contributed by atoms with Gasteiger partial charge in [0.1, 0.15) is 5.76 Å². The third-order valence-corrected chi connectivity index (χ3v) is 4.63. The highest BCUT2D eigenvalue weighted by molar-refractivity contribution is 9.10. The highest BCUT2D eigenvalue weighted by Gasteiger charge is 2.14. The van der Waals surface area contributed by atoms with Crippen LogP contribution < -0.4 is 11.1 Å². The normalized spacial score (nSPS) is 12.5. The zero-order chi connectivity index (χ0) is 14.0. The Kier molecular flexibility index (Phi) is 4.71. The van der Waals surface area contributed by atoms with Crippen LogP contribution >= 0.6 is 31.9 Å². The lowest BCUT2D eigenvalue weighted by atomic mass is 10.1. The molecule has 0 radical (unpaired) electrons. The Morgan fingerprint density at radius 1 is 1.21 bits per heavy atom. The van der Waals surface area contributed by atoms with Crippen LogP contribution in [0.15, 0.2) is 37.8 Å². The van der Waals surface area contributed by atoms with Crippen LogP contribution in [0, 0.1) is 13.8 Å². The Labute approximate surface area is 129 Å². The van der Waals surface area contributed by atoms with E-state index in [-0.39, 0.29) is 6.04 Å². The van der Waals surface area contributed by atoms with Gasteiger partial charge in [0.15, 0.2) is 4.67 Å². The van der Waals surface area contributed by atoms with Crippen LogP contribution in [-0.2, 0) is 0 Å². The van der Waals surface area contributed by atoms with Gasteiger partial charge in [-0.05, 0) is 65.2 Å². The van der Waals surface area contributed by atoms with Crippen molar-refractivity contribution < 1.29 is 4.42 Å². The van der Waals surface area contributed by atoms with Gasteiger partial charge >= 0.3 is 0 Å². The fraction of sp³-hybridized carbons (Fsp3) is 0.286. The van der Waals surface area contributed by atoms with Gasteiger partial charge in [0, 0.05) is 16.7 Å². The molecular formula is C14H16Br2N2O. The van der Waals surface area contributed by atoms with Gasteiger partial charge in [0.2, 0.25) is 0 Å². The number of aryl methyl sites for hydroxylation is 2. The number of hydrogen-bond acceptors (Lipinski definition) is 3. The van der Waals surface area contributed by atoms with Gasteiger partial charge in [-0.25, -0.2) is 0 Å². The number of hydrogen-bond donors (Lipinski definition) is 2. The number of anilines is 1. The van der Waals surface area contributed by atoms with Crippen LogP contribution in [0.3, 0.4) is 0 Å². The molecule has 1 aromatic carbocycles. The van der Waals surface area contributed by atoms with Crippen molar-refractivity contribution in [2.45, 2.75) is 19.9 Å². The minimum atomic E-state index is -0.0359. The number of nitrogens with one attached hydrogen (secondary N) is 1. The fourth-order valence-electron chi connectivity index (χ4n) is 1.99. The van der Waals surface area contributed by atoms with Crippen molar-refractivity contribution in [2.24, 2.45) is 5.73 Å². The molecule has 2 aromatic rings. The summed E-state index contributed by atoms with van der Waals surface area (Å²) in [6.07, 6.45) is 0. The molecule has 0 saturated heterocycles. The molecule has 102 valence electrons. The molecule has 0 spiro atoms. The SMILES string of the molecule is Cc1cc(NC(CN)c2ccc(Br)o2)cc(C)c1Br. The molecule has 0 saturated carbocycles. The smallest absolute Gasteiger partial charge is 0.169 e. The topological polar surface area (TPSA) is 51.2 Å². The molecule has 2 rings (SSSR count). The van der Waals surface area contributed by atoms with Crippen LogP contribution in [0.2, 0.25) is 0 Å². The lowest BCUT2D eigenvalue weighted by Crippen LogP contribution is -2.20. The molecule has 0 amide bonds. The standard InChI is InChI=1S/C14H16Br2N2O/c1-8-5-10(6-9(2)14(8)16)18-11(7-17)12-3-4-13(15)19-12/h3-6,11,18H,7,17H2,1-2H3. The molecule has 0 aliphatic rings. The predicted molar refractivity (Wildman–Crippen MR) is 85.4 cm³/mol. The first-order valence-electron chi connectivity index (χ1n) is 6.00. The molecule has 1 atom stereocenters. The van der Waals surface area contributed by atoms with Crippen LogP contribution in [0.1, 0.15) is 22.9 Å². The Balaban J connectivity index is 2.23. The van der Waals surface area contributed by atoms with Gasteiger partial charge in [0.05, 0.1) is 6.04 Å². The van der Waals surface area contributed by atoms with E-state index >= 15 is 0 Å². The first-order chi connectivity index (χ1) is 9.01. The summed E-state index contributed by atoms with van der Waals surface area (Å²) in [6, 6.07) is 7.95. The monoisotopic (exact) mass is 386 g/mol. The largest absolute Gasteiger partial charge is 0.452 e. The van der Waals surface area contributed by atoms with Crippen LogP contribution in [0.5, 0.6) is 0 Å². The van der Waals surface area contributed by atoms with E-state index in [1.54, 1.807) is 0 Å². The number of nitrogens with two attached hydrogens (primary N) is 1. The Bertz CT molecular complexity index is 558. The van der Waals surface area contributed by atoms with Crippen molar-refractivity contribution in [1.82, 2.24) is 0 Å². The Morgan fingerprint density at radius 2 is 1.84 bits per heavy atom. The minimum Gasteiger partial charge on any atom is -0.452 e. The highest BCUT2D eigenvalue weighted by Crippen LogP contribution is 2.28. The molecule has 5 heteroatoms. The van der Waals surface area contributed by atoms with Crippen LogP contribution in [0.4, 0.5) is 5.69 Å². The first-order valence-corrected chi connectivity index (χ1v) is 7.58. The summed E-state index contributed by atoms with van der Waals surface area (Å²) in [5, 5.41) is 3.41. The molecule has 1 unspecified atom stereocenters. The first kappa shape index (κ1) is 14.6. The Hall–Kier alpha value is -0.780. The van der Waals surface area contributed by atoms with E-state index < -0.39 is 0 Å². The van der Waals surface area contributed by atoms with Crippen LogP contribution in [0.25, 0.3) is 0 Å². The molecule has 19 heavy (non-hydrogen) atoms. The van der Waals surface area contributed by atoms with Crippen molar-refractivity contribution in [1.29, 1.82) is 0 Å². The summed E-state index contributed by atoms with van der Waals surface area (Å²) in [7, 11) is 0. The second-order valence-corrected chi connectivity index (χ2v) is 6.07. The van der Waals surface area contributed by atoms with E-state index in [1.807, 2.05) is 12.1 Å². The molecule has 0 bridgehead atoms. The van der Waals surface area contributed by atoms with Gasteiger partial charge in [-0.3, -0.25) is 0 Å². The summed E-state index contributed by atoms with van der Waals surface area (Å²) in [5.74, 6) is 0.826. The molecule has 0 aliphatic carbocycles. The summed E-state index contributed by atoms with van der Waals surface area (Å²) >= 11 is 6.87. The lowest BCUT2D eigenvalue weighted by molar-refractivity contribution is 0.463. The van der Waals surface area contributed by atoms with Gasteiger partial charge in [-0.15, -0.1) is 0 Å². The van der Waals surface area contributed by atoms with Gasteiger partial charge < -0.3 is 15.5 Å². The van der Waals surface area contributed by atoms with E-state index in [4.69, 9.17) is 10.2 Å². The van der Waals surface area contributed by atoms with Crippen molar-refractivity contribution in [2.75, 3.05) is 11.9 Å². The maximum Gasteiger partial charge on any atom is 0.169 e. The van der Waals surface area contributed by atoms with Crippen molar-refractivity contribution in [3.8, 4) is 0 Å². The van der Waals surface area contributed by atoms with Crippen LogP contribution in [-0.4, -0.2) is 6.54 Å². The molecule has 3 nitrogen and oxygen atoms in total. The molecule has 1 heterocycles. The average molecular weight is 388 g/mol. The summed E-state index contributed by atoms with van der Waals surface area (Å²) in [5.41, 5.74) is 9.25. The molecule has 0 aliphatic heterocycles. The van der Waals surface area contributed by atoms with Crippen molar-refractivity contribution in [3.63, 3.8) is 0 Å². The van der Waals surface area contributed by atoms with Gasteiger partial charge in [-0.1, -0.05) is 15.9 Å². The number of rotatable bonds is 4. The van der Waals surface area contributed by atoms with Gasteiger partial charge in [-0.2, -0.15) is 0 Å². The van der Waals surface area contributed by atoms with Crippen molar-refractivity contribution in [3.05, 3.63) is 50.3 Å². The number of furan rings is 1. The Morgan fingerprint density at radius 3 is 2.32 bits per heavy atom. The highest BCUT2D eigenvalue weighted by atomic mass is 79.9. The number of halogens is 2. The van der Waals surface area contributed by atoms with E-state index in [0.29, 0.717) is 11.2 Å². The molecular weight excluding hydrogens is 372 g/mol. The lowest BCUT2D eigenvalue weighted by Gasteiger charge is -2.17. The average Bonchev–Trinajstić information content (AvgIpc) is 2.79. The van der Waals surface area contributed by atoms with E-state index in [9.17, 15) is 0 Å². The predicted octanol–water partition coefficient (Wildman–Crippen LogP) is 4.53. The third kappa shape index (κ3) is 3.41. The van der Waals surface area contributed by atoms with E-state index in [2.05, 4.69) is 63.2 Å². The maximum atomic E-state index is 5.82. The fourth-order valence-corrected chi connectivity index (χ4v) is 2.54. The quantitative estimate of drug-likeness (QED) is 0.809. The molecule has 1 aromatic heterocycles.